The first-order chi connectivity index (χ1) is 7.33. The van der Waals surface area contributed by atoms with Gasteiger partial charge in [-0.2, -0.15) is 0 Å². The molecule has 1 aromatic heterocycles. The number of hydrogen-bond donors (Lipinski definition) is 0. The molecule has 3 heteroatoms. The van der Waals surface area contributed by atoms with E-state index >= 15 is 0 Å². The predicted octanol–water partition coefficient (Wildman–Crippen LogP) is 2.79. The van der Waals surface area contributed by atoms with Gasteiger partial charge in [-0.1, -0.05) is 28.1 Å². The van der Waals surface area contributed by atoms with E-state index in [-0.39, 0.29) is 5.43 Å². The van der Waals surface area contributed by atoms with Crippen LogP contribution in [0, 0.1) is 0 Å². The van der Waals surface area contributed by atoms with Crippen molar-refractivity contribution in [3.63, 3.8) is 0 Å². The first kappa shape index (κ1) is 10.4. The Hall–Kier alpha value is -1.09. The third-order valence-corrected chi connectivity index (χ3v) is 2.98. The highest BCUT2D eigenvalue weighted by Gasteiger charge is 2.00. The number of nitrogens with zero attached hydrogens (tertiary/aromatic N) is 1. The maximum atomic E-state index is 11.6. The molecule has 0 radical (unpaired) electrons. The fraction of sp³-hybridized carbons (Fsp3) is 0.250. The molecule has 0 saturated carbocycles. The molecule has 0 aliphatic carbocycles. The van der Waals surface area contributed by atoms with Crippen molar-refractivity contribution in [2.45, 2.75) is 13.0 Å². The lowest BCUT2D eigenvalue weighted by Gasteiger charge is -2.08. The van der Waals surface area contributed by atoms with Crippen molar-refractivity contribution in [1.29, 1.82) is 0 Å². The second-order valence-electron chi connectivity index (χ2n) is 3.43. The van der Waals surface area contributed by atoms with Gasteiger partial charge in [0.15, 0.2) is 5.43 Å². The van der Waals surface area contributed by atoms with Gasteiger partial charge in [-0.15, -0.1) is 0 Å². The topological polar surface area (TPSA) is 22.0 Å². The van der Waals surface area contributed by atoms with Crippen molar-refractivity contribution in [2.75, 3.05) is 5.33 Å². The number of para-hydroxylation sites is 1. The Balaban J connectivity index is 2.56. The highest BCUT2D eigenvalue weighted by atomic mass is 79.9. The largest absolute Gasteiger partial charge is 0.347 e. The minimum atomic E-state index is 0.0979. The molecule has 0 amide bonds. The molecule has 78 valence electrons. The number of aryl methyl sites for hydroxylation is 1. The Bertz CT molecular complexity index is 518. The molecule has 0 saturated heterocycles. The lowest BCUT2D eigenvalue weighted by atomic mass is 10.2. The zero-order valence-corrected chi connectivity index (χ0v) is 9.90. The Morgan fingerprint density at radius 3 is 2.80 bits per heavy atom. The van der Waals surface area contributed by atoms with E-state index in [0.29, 0.717) is 0 Å². The number of hydrogen-bond acceptors (Lipinski definition) is 1. The van der Waals surface area contributed by atoms with E-state index in [2.05, 4.69) is 20.5 Å². The molecule has 15 heavy (non-hydrogen) atoms. The Kier molecular flexibility index (Phi) is 3.21. The summed E-state index contributed by atoms with van der Waals surface area (Å²) in [6.07, 6.45) is 2.93. The molecule has 2 rings (SSSR count). The summed E-state index contributed by atoms with van der Waals surface area (Å²) in [5, 5.41) is 1.78. The molecule has 0 unspecified atom stereocenters. The first-order valence-electron chi connectivity index (χ1n) is 4.97. The van der Waals surface area contributed by atoms with E-state index in [9.17, 15) is 4.79 Å². The molecule has 0 aliphatic rings. The van der Waals surface area contributed by atoms with Crippen molar-refractivity contribution in [3.8, 4) is 0 Å². The second kappa shape index (κ2) is 4.62. The van der Waals surface area contributed by atoms with Gasteiger partial charge >= 0.3 is 0 Å². The number of alkyl halides is 1. The molecule has 0 aliphatic heterocycles. The van der Waals surface area contributed by atoms with Crippen LogP contribution in [0.2, 0.25) is 0 Å². The van der Waals surface area contributed by atoms with Crippen LogP contribution in [0.5, 0.6) is 0 Å². The van der Waals surface area contributed by atoms with Crippen LogP contribution >= 0.6 is 15.9 Å². The van der Waals surface area contributed by atoms with E-state index in [1.54, 1.807) is 6.07 Å². The quantitative estimate of drug-likeness (QED) is 0.783. The molecule has 2 aromatic rings. The summed E-state index contributed by atoms with van der Waals surface area (Å²) < 4.78 is 2.12. The van der Waals surface area contributed by atoms with Crippen LogP contribution in [-0.2, 0) is 6.54 Å². The standard InChI is InChI=1S/C12H12BrNO/c13-7-3-8-14-9-6-12(15)10-4-1-2-5-11(10)14/h1-2,4-6,9H,3,7-8H2. The van der Waals surface area contributed by atoms with E-state index in [1.165, 1.54) is 0 Å². The van der Waals surface area contributed by atoms with E-state index in [0.717, 1.165) is 29.2 Å². The number of aromatic nitrogens is 1. The van der Waals surface area contributed by atoms with E-state index < -0.39 is 0 Å². The Morgan fingerprint density at radius 1 is 1.20 bits per heavy atom. The Morgan fingerprint density at radius 2 is 2.00 bits per heavy atom. The summed E-state index contributed by atoms with van der Waals surface area (Å²) in [5.41, 5.74) is 1.12. The van der Waals surface area contributed by atoms with Crippen LogP contribution < -0.4 is 5.43 Å². The molecule has 0 bridgehead atoms. The van der Waals surface area contributed by atoms with Crippen molar-refractivity contribution < 1.29 is 0 Å². The molecular weight excluding hydrogens is 254 g/mol. The van der Waals surface area contributed by atoms with Gasteiger partial charge in [-0.05, 0) is 18.6 Å². The van der Waals surface area contributed by atoms with Crippen LogP contribution in [0.3, 0.4) is 0 Å². The molecule has 0 spiro atoms. The van der Waals surface area contributed by atoms with Gasteiger partial charge in [0.25, 0.3) is 0 Å². The average Bonchev–Trinajstić information content (AvgIpc) is 2.29. The normalized spacial score (nSPS) is 10.7. The van der Waals surface area contributed by atoms with Crippen molar-refractivity contribution >= 4 is 26.8 Å². The summed E-state index contributed by atoms with van der Waals surface area (Å²) >= 11 is 3.41. The highest BCUT2D eigenvalue weighted by Crippen LogP contribution is 2.10. The summed E-state index contributed by atoms with van der Waals surface area (Å²) in [5.74, 6) is 0. The van der Waals surface area contributed by atoms with Gasteiger partial charge in [-0.3, -0.25) is 4.79 Å². The van der Waals surface area contributed by atoms with Gasteiger partial charge < -0.3 is 4.57 Å². The third-order valence-electron chi connectivity index (χ3n) is 2.42. The summed E-state index contributed by atoms with van der Waals surface area (Å²) in [7, 11) is 0. The Labute approximate surface area is 96.7 Å². The summed E-state index contributed by atoms with van der Waals surface area (Å²) in [6, 6.07) is 9.37. The molecule has 1 heterocycles. The molecule has 1 aromatic carbocycles. The van der Waals surface area contributed by atoms with Crippen LogP contribution in [0.4, 0.5) is 0 Å². The van der Waals surface area contributed by atoms with Crippen molar-refractivity contribution in [1.82, 2.24) is 4.57 Å². The monoisotopic (exact) mass is 265 g/mol. The van der Waals surface area contributed by atoms with Crippen molar-refractivity contribution in [2.24, 2.45) is 0 Å². The number of fused-ring (bicyclic) bond motifs is 1. The van der Waals surface area contributed by atoms with Gasteiger partial charge in [-0.25, -0.2) is 0 Å². The maximum Gasteiger partial charge on any atom is 0.189 e. The zero-order valence-electron chi connectivity index (χ0n) is 8.32. The van der Waals surface area contributed by atoms with Gasteiger partial charge in [0.05, 0.1) is 5.52 Å². The molecule has 0 N–H and O–H groups in total. The highest BCUT2D eigenvalue weighted by molar-refractivity contribution is 9.09. The summed E-state index contributed by atoms with van der Waals surface area (Å²) in [4.78, 5) is 11.6. The smallest absolute Gasteiger partial charge is 0.189 e. The first-order valence-corrected chi connectivity index (χ1v) is 6.09. The second-order valence-corrected chi connectivity index (χ2v) is 4.23. The minimum Gasteiger partial charge on any atom is -0.347 e. The number of pyridine rings is 1. The van der Waals surface area contributed by atoms with Gasteiger partial charge in [0.2, 0.25) is 0 Å². The molecule has 0 atom stereocenters. The van der Waals surface area contributed by atoms with Crippen LogP contribution in [0.15, 0.2) is 41.3 Å². The molecular formula is C12H12BrNO. The SMILES string of the molecule is O=c1ccn(CCCBr)c2ccccc12. The fourth-order valence-corrected chi connectivity index (χ4v) is 1.94. The van der Waals surface area contributed by atoms with Crippen LogP contribution in [0.1, 0.15) is 6.42 Å². The molecule has 0 fully saturated rings. The number of halogens is 1. The lowest BCUT2D eigenvalue weighted by Crippen LogP contribution is -2.08. The van der Waals surface area contributed by atoms with Gasteiger partial charge in [0, 0.05) is 29.5 Å². The third kappa shape index (κ3) is 2.12. The predicted molar refractivity (Wildman–Crippen MR) is 66.6 cm³/mol. The number of benzene rings is 1. The minimum absolute atomic E-state index is 0.0979. The van der Waals surface area contributed by atoms with Gasteiger partial charge in [0.1, 0.15) is 0 Å². The van der Waals surface area contributed by atoms with E-state index in [1.807, 2.05) is 30.5 Å². The van der Waals surface area contributed by atoms with E-state index in [4.69, 9.17) is 0 Å². The van der Waals surface area contributed by atoms with Crippen molar-refractivity contribution in [3.05, 3.63) is 46.8 Å². The van der Waals surface area contributed by atoms with Crippen LogP contribution in [-0.4, -0.2) is 9.90 Å². The fourth-order valence-electron chi connectivity index (χ4n) is 1.69. The van der Waals surface area contributed by atoms with Crippen LogP contribution in [0.25, 0.3) is 10.9 Å². The average molecular weight is 266 g/mol. The summed E-state index contributed by atoms with van der Waals surface area (Å²) in [6.45, 7) is 0.937. The zero-order chi connectivity index (χ0) is 10.7. The number of rotatable bonds is 3. The maximum absolute atomic E-state index is 11.6. The lowest BCUT2D eigenvalue weighted by molar-refractivity contribution is 0.705. The molecule has 2 nitrogen and oxygen atoms in total.